The van der Waals surface area contributed by atoms with Crippen molar-refractivity contribution in [2.75, 3.05) is 0 Å². The highest BCUT2D eigenvalue weighted by Gasteiger charge is 2.05. The van der Waals surface area contributed by atoms with E-state index < -0.39 is 0 Å². The van der Waals surface area contributed by atoms with Crippen LogP contribution >= 0.6 is 31.9 Å². The fraction of sp³-hybridized carbons (Fsp3) is 0.714. The molecule has 0 aliphatic rings. The van der Waals surface area contributed by atoms with Crippen LogP contribution in [-0.2, 0) is 0 Å². The van der Waals surface area contributed by atoms with Crippen molar-refractivity contribution in [3.05, 3.63) is 12.2 Å². The van der Waals surface area contributed by atoms with Gasteiger partial charge in [0.2, 0.25) is 0 Å². The molecule has 0 aromatic heterocycles. The van der Waals surface area contributed by atoms with Gasteiger partial charge in [0, 0.05) is 9.15 Å². The minimum absolute atomic E-state index is 0.134. The SMILES string of the molecule is CC(Br)C=CC(C)(C)Br. The first-order valence-electron chi connectivity index (χ1n) is 2.94. The van der Waals surface area contributed by atoms with E-state index in [0.29, 0.717) is 4.83 Å². The molecule has 0 rings (SSSR count). The Morgan fingerprint density at radius 2 is 1.89 bits per heavy atom. The number of hydrogen-bond acceptors (Lipinski definition) is 0. The molecule has 0 N–H and O–H groups in total. The van der Waals surface area contributed by atoms with Gasteiger partial charge in [0.05, 0.1) is 0 Å². The second-order valence-corrected chi connectivity index (χ2v) is 6.09. The summed E-state index contributed by atoms with van der Waals surface area (Å²) in [6.07, 6.45) is 4.25. The lowest BCUT2D eigenvalue weighted by Crippen LogP contribution is -2.03. The molecule has 0 fully saturated rings. The maximum Gasteiger partial charge on any atom is 0.0380 e. The minimum Gasteiger partial charge on any atom is -0.0848 e. The van der Waals surface area contributed by atoms with Gasteiger partial charge in [-0.25, -0.2) is 0 Å². The first kappa shape index (κ1) is 9.70. The summed E-state index contributed by atoms with van der Waals surface area (Å²) in [6.45, 7) is 6.31. The second-order valence-electron chi connectivity index (χ2n) is 2.60. The van der Waals surface area contributed by atoms with Crippen molar-refractivity contribution >= 4 is 31.9 Å². The molecular formula is C7H12Br2. The van der Waals surface area contributed by atoms with E-state index in [4.69, 9.17) is 0 Å². The summed E-state index contributed by atoms with van der Waals surface area (Å²) < 4.78 is 0.134. The fourth-order valence-electron chi connectivity index (χ4n) is 0.361. The summed E-state index contributed by atoms with van der Waals surface area (Å²) in [5.74, 6) is 0. The molecule has 0 aliphatic heterocycles. The maximum atomic E-state index is 3.50. The Bertz CT molecular complexity index is 98.0. The monoisotopic (exact) mass is 254 g/mol. The van der Waals surface area contributed by atoms with E-state index in [1.54, 1.807) is 0 Å². The highest BCUT2D eigenvalue weighted by atomic mass is 79.9. The van der Waals surface area contributed by atoms with Gasteiger partial charge in [0.1, 0.15) is 0 Å². The molecule has 0 saturated heterocycles. The van der Waals surface area contributed by atoms with Crippen molar-refractivity contribution in [2.45, 2.75) is 29.9 Å². The van der Waals surface area contributed by atoms with E-state index in [-0.39, 0.29) is 4.32 Å². The smallest absolute Gasteiger partial charge is 0.0380 e. The van der Waals surface area contributed by atoms with Crippen LogP contribution < -0.4 is 0 Å². The van der Waals surface area contributed by atoms with Crippen LogP contribution in [0.1, 0.15) is 20.8 Å². The summed E-state index contributed by atoms with van der Waals surface area (Å²) in [4.78, 5) is 0.467. The van der Waals surface area contributed by atoms with Gasteiger partial charge in [-0.05, 0) is 20.8 Å². The molecular weight excluding hydrogens is 244 g/mol. The molecule has 2 heteroatoms. The Kier molecular flexibility index (Phi) is 4.06. The molecule has 0 heterocycles. The third kappa shape index (κ3) is 8.70. The lowest BCUT2D eigenvalue weighted by Gasteiger charge is -2.08. The Balaban J connectivity index is 3.71. The van der Waals surface area contributed by atoms with E-state index in [2.05, 4.69) is 64.8 Å². The van der Waals surface area contributed by atoms with Crippen molar-refractivity contribution in [2.24, 2.45) is 0 Å². The highest BCUT2D eigenvalue weighted by molar-refractivity contribution is 9.10. The molecule has 0 bridgehead atoms. The molecule has 1 unspecified atom stereocenters. The van der Waals surface area contributed by atoms with Gasteiger partial charge in [0.15, 0.2) is 0 Å². The molecule has 0 radical (unpaired) electrons. The lowest BCUT2D eigenvalue weighted by molar-refractivity contribution is 0.914. The molecule has 0 aliphatic carbocycles. The predicted octanol–water partition coefficient (Wildman–Crippen LogP) is 3.50. The highest BCUT2D eigenvalue weighted by Crippen LogP contribution is 2.18. The van der Waals surface area contributed by atoms with Crippen LogP contribution in [0.2, 0.25) is 0 Å². The minimum atomic E-state index is 0.134. The number of alkyl halides is 2. The van der Waals surface area contributed by atoms with Crippen molar-refractivity contribution in [1.29, 1.82) is 0 Å². The third-order valence-electron chi connectivity index (χ3n) is 0.758. The number of allylic oxidation sites excluding steroid dienone is 2. The van der Waals surface area contributed by atoms with Gasteiger partial charge in [0.25, 0.3) is 0 Å². The van der Waals surface area contributed by atoms with E-state index in [1.165, 1.54) is 0 Å². The van der Waals surface area contributed by atoms with Crippen LogP contribution in [0.3, 0.4) is 0 Å². The third-order valence-corrected chi connectivity index (χ3v) is 1.33. The average Bonchev–Trinajstić information content (AvgIpc) is 1.59. The van der Waals surface area contributed by atoms with Crippen molar-refractivity contribution in [3.63, 3.8) is 0 Å². The Labute approximate surface area is 74.0 Å². The predicted molar refractivity (Wildman–Crippen MR) is 50.5 cm³/mol. The summed E-state index contributed by atoms with van der Waals surface area (Å²) in [6, 6.07) is 0. The van der Waals surface area contributed by atoms with E-state index in [9.17, 15) is 0 Å². The topological polar surface area (TPSA) is 0 Å². The van der Waals surface area contributed by atoms with Gasteiger partial charge in [-0.1, -0.05) is 44.0 Å². The maximum absolute atomic E-state index is 3.50. The molecule has 9 heavy (non-hydrogen) atoms. The summed E-state index contributed by atoms with van der Waals surface area (Å²) in [7, 11) is 0. The van der Waals surface area contributed by atoms with Gasteiger partial charge in [-0.15, -0.1) is 0 Å². The van der Waals surface area contributed by atoms with Crippen LogP contribution in [0, 0.1) is 0 Å². The van der Waals surface area contributed by atoms with Crippen LogP contribution in [0.4, 0.5) is 0 Å². The Hall–Kier alpha value is 0.700. The summed E-state index contributed by atoms with van der Waals surface area (Å²) in [5, 5.41) is 0. The van der Waals surface area contributed by atoms with Gasteiger partial charge < -0.3 is 0 Å². The lowest BCUT2D eigenvalue weighted by atomic mass is 10.2. The Morgan fingerprint density at radius 1 is 1.44 bits per heavy atom. The number of halogens is 2. The first-order chi connectivity index (χ1) is 3.92. The summed E-state index contributed by atoms with van der Waals surface area (Å²) in [5.41, 5.74) is 0. The largest absolute Gasteiger partial charge is 0.0848 e. The normalized spacial score (nSPS) is 16.6. The molecule has 0 saturated carbocycles. The first-order valence-corrected chi connectivity index (χ1v) is 4.65. The standard InChI is InChI=1S/C7H12Br2/c1-6(8)4-5-7(2,3)9/h4-6H,1-3H3. The molecule has 0 aromatic carbocycles. The van der Waals surface area contributed by atoms with Crippen LogP contribution in [0.15, 0.2) is 12.2 Å². The van der Waals surface area contributed by atoms with Crippen molar-refractivity contribution in [1.82, 2.24) is 0 Å². The molecule has 1 atom stereocenters. The van der Waals surface area contributed by atoms with Crippen molar-refractivity contribution in [3.8, 4) is 0 Å². The fourth-order valence-corrected chi connectivity index (χ4v) is 0.667. The molecule has 54 valence electrons. The van der Waals surface area contributed by atoms with Crippen LogP contribution in [-0.4, -0.2) is 9.15 Å². The van der Waals surface area contributed by atoms with Crippen LogP contribution in [0.25, 0.3) is 0 Å². The molecule has 0 aromatic rings. The van der Waals surface area contributed by atoms with E-state index >= 15 is 0 Å². The zero-order valence-electron chi connectivity index (χ0n) is 5.99. The molecule has 0 spiro atoms. The second kappa shape index (κ2) is 3.77. The quantitative estimate of drug-likeness (QED) is 0.524. The van der Waals surface area contributed by atoms with Gasteiger partial charge in [-0.3, -0.25) is 0 Å². The zero-order chi connectivity index (χ0) is 7.49. The van der Waals surface area contributed by atoms with Crippen molar-refractivity contribution < 1.29 is 0 Å². The van der Waals surface area contributed by atoms with Crippen LogP contribution in [0.5, 0.6) is 0 Å². The van der Waals surface area contributed by atoms with Gasteiger partial charge >= 0.3 is 0 Å². The summed E-state index contributed by atoms with van der Waals surface area (Å²) >= 11 is 6.92. The number of rotatable bonds is 2. The molecule has 0 amide bonds. The van der Waals surface area contributed by atoms with E-state index in [1.807, 2.05) is 0 Å². The molecule has 0 nitrogen and oxygen atoms in total. The van der Waals surface area contributed by atoms with Gasteiger partial charge in [-0.2, -0.15) is 0 Å². The number of hydrogen-bond donors (Lipinski definition) is 0. The van der Waals surface area contributed by atoms with E-state index in [0.717, 1.165) is 0 Å². The zero-order valence-corrected chi connectivity index (χ0v) is 9.16. The Morgan fingerprint density at radius 3 is 2.00 bits per heavy atom. The average molecular weight is 256 g/mol.